The van der Waals surface area contributed by atoms with Crippen molar-refractivity contribution < 1.29 is 4.74 Å². The van der Waals surface area contributed by atoms with Crippen LogP contribution in [0, 0.1) is 5.92 Å². The highest BCUT2D eigenvalue weighted by Gasteiger charge is 2.22. The van der Waals surface area contributed by atoms with Crippen molar-refractivity contribution >= 4 is 17.3 Å². The summed E-state index contributed by atoms with van der Waals surface area (Å²) in [5.41, 5.74) is 1.01. The molecule has 15 heavy (non-hydrogen) atoms. The molecule has 0 amide bonds. The van der Waals surface area contributed by atoms with Gasteiger partial charge in [-0.2, -0.15) is 0 Å². The van der Waals surface area contributed by atoms with Gasteiger partial charge in [-0.3, -0.25) is 0 Å². The Balaban J connectivity index is 1.99. The van der Waals surface area contributed by atoms with E-state index < -0.39 is 0 Å². The van der Waals surface area contributed by atoms with Crippen LogP contribution in [0.25, 0.3) is 0 Å². The largest absolute Gasteiger partial charge is 0.381 e. The molecule has 0 aliphatic carbocycles. The Morgan fingerprint density at radius 2 is 2.27 bits per heavy atom. The standard InChI is InChI=1S/C12H16ClNO/c1-9(10-6-7-15-8-10)14-12-5-3-2-4-11(12)13/h2-5,9-10,14H,6-8H2,1H3. The second kappa shape index (κ2) is 4.86. The topological polar surface area (TPSA) is 21.3 Å². The van der Waals surface area contributed by atoms with Gasteiger partial charge >= 0.3 is 0 Å². The van der Waals surface area contributed by atoms with Gasteiger partial charge in [0.2, 0.25) is 0 Å². The van der Waals surface area contributed by atoms with Crippen LogP contribution in [0.3, 0.4) is 0 Å². The van der Waals surface area contributed by atoms with Crippen LogP contribution in [0.1, 0.15) is 13.3 Å². The van der Waals surface area contributed by atoms with E-state index in [1.165, 1.54) is 0 Å². The predicted molar refractivity (Wildman–Crippen MR) is 63.5 cm³/mol. The van der Waals surface area contributed by atoms with Gasteiger partial charge in [0.25, 0.3) is 0 Å². The van der Waals surface area contributed by atoms with Crippen LogP contribution in [0.4, 0.5) is 5.69 Å². The molecule has 0 radical (unpaired) electrons. The summed E-state index contributed by atoms with van der Waals surface area (Å²) < 4.78 is 5.37. The van der Waals surface area contributed by atoms with Crippen molar-refractivity contribution in [2.75, 3.05) is 18.5 Å². The summed E-state index contributed by atoms with van der Waals surface area (Å²) in [6.45, 7) is 3.93. The Morgan fingerprint density at radius 3 is 2.93 bits per heavy atom. The maximum Gasteiger partial charge on any atom is 0.0637 e. The lowest BCUT2D eigenvalue weighted by Crippen LogP contribution is -2.26. The van der Waals surface area contributed by atoms with E-state index in [0.29, 0.717) is 12.0 Å². The summed E-state index contributed by atoms with van der Waals surface area (Å²) in [6.07, 6.45) is 1.14. The van der Waals surface area contributed by atoms with E-state index in [2.05, 4.69) is 12.2 Å². The van der Waals surface area contributed by atoms with Gasteiger partial charge in [-0.05, 0) is 25.5 Å². The number of rotatable bonds is 3. The Bertz CT molecular complexity index is 323. The quantitative estimate of drug-likeness (QED) is 0.853. The molecule has 1 aromatic carbocycles. The monoisotopic (exact) mass is 225 g/mol. The maximum absolute atomic E-state index is 6.08. The molecule has 0 aromatic heterocycles. The molecular weight excluding hydrogens is 210 g/mol. The zero-order valence-corrected chi connectivity index (χ0v) is 9.63. The number of hydrogen-bond acceptors (Lipinski definition) is 2. The van der Waals surface area contributed by atoms with Crippen LogP contribution in [0.2, 0.25) is 5.02 Å². The minimum Gasteiger partial charge on any atom is -0.381 e. The third-order valence-electron chi connectivity index (χ3n) is 2.93. The van der Waals surface area contributed by atoms with Gasteiger partial charge in [0, 0.05) is 18.6 Å². The average Bonchev–Trinajstić information content (AvgIpc) is 2.74. The highest BCUT2D eigenvalue weighted by Crippen LogP contribution is 2.25. The number of anilines is 1. The predicted octanol–water partition coefficient (Wildman–Crippen LogP) is 3.18. The number of ether oxygens (including phenoxy) is 1. The van der Waals surface area contributed by atoms with Crippen LogP contribution in [0.15, 0.2) is 24.3 Å². The third-order valence-corrected chi connectivity index (χ3v) is 3.26. The van der Waals surface area contributed by atoms with Crippen molar-refractivity contribution in [2.24, 2.45) is 5.92 Å². The smallest absolute Gasteiger partial charge is 0.0637 e. The Morgan fingerprint density at radius 1 is 1.47 bits per heavy atom. The van der Waals surface area contributed by atoms with Crippen LogP contribution in [0.5, 0.6) is 0 Å². The summed E-state index contributed by atoms with van der Waals surface area (Å²) >= 11 is 6.08. The lowest BCUT2D eigenvalue weighted by molar-refractivity contribution is 0.183. The minimum atomic E-state index is 0.410. The number of nitrogens with one attached hydrogen (secondary N) is 1. The molecule has 1 aromatic rings. The van der Waals surface area contributed by atoms with E-state index in [9.17, 15) is 0 Å². The fourth-order valence-electron chi connectivity index (χ4n) is 1.89. The summed E-state index contributed by atoms with van der Waals surface area (Å²) in [6, 6.07) is 8.26. The lowest BCUT2D eigenvalue weighted by Gasteiger charge is -2.21. The molecular formula is C12H16ClNO. The van der Waals surface area contributed by atoms with Gasteiger partial charge in [-0.15, -0.1) is 0 Å². The fourth-order valence-corrected chi connectivity index (χ4v) is 2.08. The lowest BCUT2D eigenvalue weighted by atomic mass is 10.0. The van der Waals surface area contributed by atoms with E-state index >= 15 is 0 Å². The normalized spacial score (nSPS) is 22.7. The SMILES string of the molecule is CC(Nc1ccccc1Cl)C1CCOC1. The average molecular weight is 226 g/mol. The molecule has 0 bridgehead atoms. The summed E-state index contributed by atoms with van der Waals surface area (Å²) in [4.78, 5) is 0. The molecule has 2 nitrogen and oxygen atoms in total. The number of benzene rings is 1. The van der Waals surface area contributed by atoms with E-state index in [0.717, 1.165) is 30.3 Å². The first-order chi connectivity index (χ1) is 7.27. The molecule has 2 unspecified atom stereocenters. The molecule has 0 spiro atoms. The number of halogens is 1. The van der Waals surface area contributed by atoms with E-state index in [1.807, 2.05) is 24.3 Å². The Labute approximate surface area is 95.6 Å². The Kier molecular flexibility index (Phi) is 3.49. The summed E-state index contributed by atoms with van der Waals surface area (Å²) in [5, 5.41) is 4.22. The van der Waals surface area contributed by atoms with Gasteiger partial charge in [-0.25, -0.2) is 0 Å². The molecule has 82 valence electrons. The van der Waals surface area contributed by atoms with Crippen molar-refractivity contribution in [1.82, 2.24) is 0 Å². The van der Waals surface area contributed by atoms with Crippen molar-refractivity contribution in [2.45, 2.75) is 19.4 Å². The first-order valence-electron chi connectivity index (χ1n) is 5.36. The zero-order valence-electron chi connectivity index (χ0n) is 8.87. The number of para-hydroxylation sites is 1. The summed E-state index contributed by atoms with van der Waals surface area (Å²) in [5.74, 6) is 0.598. The molecule has 1 aliphatic heterocycles. The second-order valence-electron chi connectivity index (χ2n) is 4.04. The first kappa shape index (κ1) is 10.8. The molecule has 1 saturated heterocycles. The molecule has 1 aliphatic rings. The van der Waals surface area contributed by atoms with Gasteiger partial charge in [0.05, 0.1) is 17.3 Å². The van der Waals surface area contributed by atoms with Gasteiger partial charge in [0.15, 0.2) is 0 Å². The van der Waals surface area contributed by atoms with Gasteiger partial charge in [-0.1, -0.05) is 23.7 Å². The fraction of sp³-hybridized carbons (Fsp3) is 0.500. The van der Waals surface area contributed by atoms with Crippen molar-refractivity contribution in [3.8, 4) is 0 Å². The third kappa shape index (κ3) is 2.64. The first-order valence-corrected chi connectivity index (χ1v) is 5.74. The minimum absolute atomic E-state index is 0.410. The van der Waals surface area contributed by atoms with Gasteiger partial charge in [0.1, 0.15) is 0 Å². The number of hydrogen-bond donors (Lipinski definition) is 1. The zero-order chi connectivity index (χ0) is 10.7. The molecule has 2 atom stereocenters. The molecule has 1 heterocycles. The van der Waals surface area contributed by atoms with Crippen LogP contribution in [-0.2, 0) is 4.74 Å². The van der Waals surface area contributed by atoms with Crippen LogP contribution >= 0.6 is 11.6 Å². The second-order valence-corrected chi connectivity index (χ2v) is 4.44. The molecule has 1 fully saturated rings. The van der Waals surface area contributed by atoms with Crippen molar-refractivity contribution in [1.29, 1.82) is 0 Å². The summed E-state index contributed by atoms with van der Waals surface area (Å²) in [7, 11) is 0. The van der Waals surface area contributed by atoms with Crippen molar-refractivity contribution in [3.63, 3.8) is 0 Å². The van der Waals surface area contributed by atoms with Crippen molar-refractivity contribution in [3.05, 3.63) is 29.3 Å². The van der Waals surface area contributed by atoms with Crippen LogP contribution < -0.4 is 5.32 Å². The molecule has 2 rings (SSSR count). The Hall–Kier alpha value is -0.730. The van der Waals surface area contributed by atoms with Crippen LogP contribution in [-0.4, -0.2) is 19.3 Å². The van der Waals surface area contributed by atoms with Gasteiger partial charge < -0.3 is 10.1 Å². The highest BCUT2D eigenvalue weighted by molar-refractivity contribution is 6.33. The molecule has 0 saturated carbocycles. The molecule has 3 heteroatoms. The van der Waals surface area contributed by atoms with E-state index in [-0.39, 0.29) is 0 Å². The molecule has 1 N–H and O–H groups in total. The maximum atomic E-state index is 6.08. The highest BCUT2D eigenvalue weighted by atomic mass is 35.5. The van der Waals surface area contributed by atoms with E-state index in [1.54, 1.807) is 0 Å². The van der Waals surface area contributed by atoms with E-state index in [4.69, 9.17) is 16.3 Å².